The van der Waals surface area contributed by atoms with E-state index in [1.54, 1.807) is 31.2 Å². The Kier molecular flexibility index (Phi) is 5.38. The van der Waals surface area contributed by atoms with Crippen molar-refractivity contribution in [2.45, 2.75) is 32.5 Å². The van der Waals surface area contributed by atoms with Crippen LogP contribution < -0.4 is 0 Å². The van der Waals surface area contributed by atoms with E-state index in [9.17, 15) is 9.90 Å². The summed E-state index contributed by atoms with van der Waals surface area (Å²) in [7, 11) is 0. The number of aliphatic hydroxyl groups excluding tert-OH is 1. The summed E-state index contributed by atoms with van der Waals surface area (Å²) in [5.41, 5.74) is 0.533. The van der Waals surface area contributed by atoms with Crippen LogP contribution >= 0.6 is 11.6 Å². The van der Waals surface area contributed by atoms with Crippen molar-refractivity contribution >= 4 is 17.6 Å². The van der Waals surface area contributed by atoms with Gasteiger partial charge in [0, 0.05) is 5.02 Å². The molecule has 2 unspecified atom stereocenters. The molecule has 0 aliphatic heterocycles. The summed E-state index contributed by atoms with van der Waals surface area (Å²) in [5, 5.41) is 10.5. The third-order valence-electron chi connectivity index (χ3n) is 2.64. The normalized spacial score (nSPS) is 13.8. The van der Waals surface area contributed by atoms with Crippen LogP contribution in [0.2, 0.25) is 5.02 Å². The lowest BCUT2D eigenvalue weighted by atomic mass is 10.0. The molecule has 0 bridgehead atoms. The second kappa shape index (κ2) is 6.57. The number of hydrogen-bond acceptors (Lipinski definition) is 3. The molecule has 0 saturated carbocycles. The van der Waals surface area contributed by atoms with Crippen LogP contribution in [0.25, 0.3) is 0 Å². The van der Waals surface area contributed by atoms with Crippen LogP contribution in [0.15, 0.2) is 36.4 Å². The van der Waals surface area contributed by atoms with Gasteiger partial charge in [-0.15, -0.1) is 0 Å². The number of halogens is 1. The quantitative estimate of drug-likeness (QED) is 0.659. The van der Waals surface area contributed by atoms with Gasteiger partial charge >= 0.3 is 5.97 Å². The molecule has 98 valence electrons. The van der Waals surface area contributed by atoms with Crippen molar-refractivity contribution in [2.75, 3.05) is 0 Å². The smallest absolute Gasteiger partial charge is 0.336 e. The maximum absolute atomic E-state index is 11.7. The lowest BCUT2D eigenvalue weighted by Gasteiger charge is -2.16. The van der Waals surface area contributed by atoms with E-state index in [1.807, 2.05) is 6.92 Å². The van der Waals surface area contributed by atoms with E-state index in [4.69, 9.17) is 16.3 Å². The summed E-state index contributed by atoms with van der Waals surface area (Å²) in [6.45, 7) is 7.28. The molecule has 0 amide bonds. The van der Waals surface area contributed by atoms with Gasteiger partial charge in [0.05, 0.1) is 11.7 Å². The van der Waals surface area contributed by atoms with Gasteiger partial charge < -0.3 is 9.84 Å². The van der Waals surface area contributed by atoms with Crippen LogP contribution in [-0.2, 0) is 9.53 Å². The summed E-state index contributed by atoms with van der Waals surface area (Å²) in [4.78, 5) is 11.7. The number of carbonyl (C=O) groups is 1. The molecule has 18 heavy (non-hydrogen) atoms. The summed E-state index contributed by atoms with van der Waals surface area (Å²) >= 11 is 5.82. The minimum Gasteiger partial charge on any atom is -0.459 e. The minimum absolute atomic E-state index is 0.0116. The maximum atomic E-state index is 11.7. The van der Waals surface area contributed by atoms with Crippen LogP contribution in [0.3, 0.4) is 0 Å². The standard InChI is InChI=1S/C14H17ClO3/c1-4-9(2)18-14(17)10(3)13(16)11-6-5-7-12(15)8-11/h5-9,13,16H,3-4H2,1-2H3. The molecule has 4 heteroatoms. The molecule has 1 aromatic carbocycles. The lowest BCUT2D eigenvalue weighted by Crippen LogP contribution is -2.18. The molecule has 0 spiro atoms. The monoisotopic (exact) mass is 268 g/mol. The maximum Gasteiger partial charge on any atom is 0.336 e. The van der Waals surface area contributed by atoms with E-state index in [2.05, 4.69) is 6.58 Å². The Labute approximate surface area is 112 Å². The lowest BCUT2D eigenvalue weighted by molar-refractivity contribution is -0.144. The third-order valence-corrected chi connectivity index (χ3v) is 2.87. The predicted molar refractivity (Wildman–Crippen MR) is 71.4 cm³/mol. The van der Waals surface area contributed by atoms with Crippen molar-refractivity contribution in [1.29, 1.82) is 0 Å². The topological polar surface area (TPSA) is 46.5 Å². The number of benzene rings is 1. The zero-order chi connectivity index (χ0) is 13.7. The number of hydrogen-bond donors (Lipinski definition) is 1. The fourth-order valence-electron chi connectivity index (χ4n) is 1.33. The van der Waals surface area contributed by atoms with E-state index in [-0.39, 0.29) is 11.7 Å². The average Bonchev–Trinajstić information content (AvgIpc) is 2.36. The van der Waals surface area contributed by atoms with Crippen molar-refractivity contribution in [3.63, 3.8) is 0 Å². The highest BCUT2D eigenvalue weighted by molar-refractivity contribution is 6.30. The Morgan fingerprint density at radius 1 is 1.56 bits per heavy atom. The highest BCUT2D eigenvalue weighted by Crippen LogP contribution is 2.24. The number of ether oxygens (including phenoxy) is 1. The van der Waals surface area contributed by atoms with Crippen LogP contribution in [0, 0.1) is 0 Å². The van der Waals surface area contributed by atoms with Gasteiger partial charge in [0.2, 0.25) is 0 Å². The highest BCUT2D eigenvalue weighted by Gasteiger charge is 2.21. The van der Waals surface area contributed by atoms with Crippen molar-refractivity contribution in [3.05, 3.63) is 47.0 Å². The minimum atomic E-state index is -1.10. The Morgan fingerprint density at radius 3 is 2.78 bits per heavy atom. The fourth-order valence-corrected chi connectivity index (χ4v) is 1.53. The summed E-state index contributed by atoms with van der Waals surface area (Å²) in [5.74, 6) is -0.586. The van der Waals surface area contributed by atoms with Gasteiger partial charge in [-0.2, -0.15) is 0 Å². The number of aliphatic hydroxyl groups is 1. The van der Waals surface area contributed by atoms with Crippen molar-refractivity contribution in [1.82, 2.24) is 0 Å². The second-order valence-electron chi connectivity index (χ2n) is 4.11. The molecule has 0 saturated heterocycles. The molecule has 0 heterocycles. The molecule has 2 atom stereocenters. The Bertz CT molecular complexity index is 442. The molecular weight excluding hydrogens is 252 g/mol. The summed E-state index contributed by atoms with van der Waals surface area (Å²) in [6.07, 6.45) is -0.576. The molecule has 3 nitrogen and oxygen atoms in total. The van der Waals surface area contributed by atoms with Gasteiger partial charge in [-0.05, 0) is 31.0 Å². The van der Waals surface area contributed by atoms with Gasteiger partial charge in [-0.3, -0.25) is 0 Å². The zero-order valence-electron chi connectivity index (χ0n) is 10.5. The largest absolute Gasteiger partial charge is 0.459 e. The zero-order valence-corrected chi connectivity index (χ0v) is 11.3. The Balaban J connectivity index is 2.75. The first-order valence-corrected chi connectivity index (χ1v) is 6.16. The van der Waals surface area contributed by atoms with Crippen LogP contribution in [-0.4, -0.2) is 17.2 Å². The van der Waals surface area contributed by atoms with E-state index < -0.39 is 12.1 Å². The molecule has 1 rings (SSSR count). The number of esters is 1. The summed E-state index contributed by atoms with van der Waals surface area (Å²) < 4.78 is 5.10. The van der Waals surface area contributed by atoms with Crippen molar-refractivity contribution in [2.24, 2.45) is 0 Å². The van der Waals surface area contributed by atoms with Gasteiger partial charge in [0.25, 0.3) is 0 Å². The average molecular weight is 269 g/mol. The van der Waals surface area contributed by atoms with Crippen LogP contribution in [0.5, 0.6) is 0 Å². The first-order chi connectivity index (χ1) is 8.45. The van der Waals surface area contributed by atoms with Crippen molar-refractivity contribution < 1.29 is 14.6 Å². The fraction of sp³-hybridized carbons (Fsp3) is 0.357. The third kappa shape index (κ3) is 3.86. The molecular formula is C14H17ClO3. The van der Waals surface area contributed by atoms with Gasteiger partial charge in [-0.1, -0.05) is 37.2 Å². The summed E-state index contributed by atoms with van der Waals surface area (Å²) in [6, 6.07) is 6.67. The van der Waals surface area contributed by atoms with E-state index >= 15 is 0 Å². The molecule has 1 N–H and O–H groups in total. The Hall–Kier alpha value is -1.32. The molecule has 1 aromatic rings. The molecule has 0 radical (unpaired) electrons. The van der Waals surface area contributed by atoms with Gasteiger partial charge in [0.1, 0.15) is 6.10 Å². The first-order valence-electron chi connectivity index (χ1n) is 5.79. The SMILES string of the molecule is C=C(C(=O)OC(C)CC)C(O)c1cccc(Cl)c1. The number of rotatable bonds is 5. The Morgan fingerprint density at radius 2 is 2.22 bits per heavy atom. The molecule has 0 aliphatic carbocycles. The first kappa shape index (κ1) is 14.7. The molecule has 0 aromatic heterocycles. The number of carbonyl (C=O) groups excluding carboxylic acids is 1. The van der Waals surface area contributed by atoms with Crippen LogP contribution in [0.1, 0.15) is 31.9 Å². The van der Waals surface area contributed by atoms with Gasteiger partial charge in [-0.25, -0.2) is 4.79 Å². The van der Waals surface area contributed by atoms with E-state index in [0.717, 1.165) is 0 Å². The van der Waals surface area contributed by atoms with Crippen molar-refractivity contribution in [3.8, 4) is 0 Å². The van der Waals surface area contributed by atoms with Crippen LogP contribution in [0.4, 0.5) is 0 Å². The molecule has 0 fully saturated rings. The predicted octanol–water partition coefficient (Wildman–Crippen LogP) is 3.27. The molecule has 0 aliphatic rings. The van der Waals surface area contributed by atoms with Gasteiger partial charge in [0.15, 0.2) is 0 Å². The van der Waals surface area contributed by atoms with E-state index in [1.165, 1.54) is 0 Å². The highest BCUT2D eigenvalue weighted by atomic mass is 35.5. The second-order valence-corrected chi connectivity index (χ2v) is 4.54. The van der Waals surface area contributed by atoms with E-state index in [0.29, 0.717) is 17.0 Å².